The van der Waals surface area contributed by atoms with E-state index < -0.39 is 5.91 Å². The third-order valence-electron chi connectivity index (χ3n) is 4.98. The lowest BCUT2D eigenvalue weighted by Crippen LogP contribution is -2.23. The summed E-state index contributed by atoms with van der Waals surface area (Å²) in [5.41, 5.74) is 2.18. The molecule has 3 aromatic rings. The fraction of sp³-hybridized carbons (Fsp3) is 0.154. The number of rotatable bonds is 8. The summed E-state index contributed by atoms with van der Waals surface area (Å²) >= 11 is 0. The minimum atomic E-state index is -0.414. The van der Waals surface area contributed by atoms with Gasteiger partial charge in [0, 0.05) is 11.8 Å². The van der Waals surface area contributed by atoms with Crippen LogP contribution >= 0.6 is 0 Å². The third kappa shape index (κ3) is 5.29. The molecule has 8 heteroatoms. The van der Waals surface area contributed by atoms with Crippen LogP contribution in [0.2, 0.25) is 0 Å². The first-order valence-electron chi connectivity index (χ1n) is 10.6. The van der Waals surface area contributed by atoms with Crippen molar-refractivity contribution in [1.82, 2.24) is 0 Å². The quantitative estimate of drug-likeness (QED) is 0.505. The van der Waals surface area contributed by atoms with Gasteiger partial charge in [-0.3, -0.25) is 9.59 Å². The van der Waals surface area contributed by atoms with Crippen molar-refractivity contribution in [3.63, 3.8) is 0 Å². The number of anilines is 2. The minimum absolute atomic E-state index is 0.148. The van der Waals surface area contributed by atoms with Crippen LogP contribution in [0.4, 0.5) is 11.4 Å². The van der Waals surface area contributed by atoms with Gasteiger partial charge in [0.1, 0.15) is 0 Å². The highest BCUT2D eigenvalue weighted by molar-refractivity contribution is 6.10. The van der Waals surface area contributed by atoms with E-state index in [0.717, 1.165) is 5.56 Å². The van der Waals surface area contributed by atoms with Crippen molar-refractivity contribution in [2.24, 2.45) is 0 Å². The number of nitrogens with one attached hydrogen (secondary N) is 2. The summed E-state index contributed by atoms with van der Waals surface area (Å²) in [5.74, 6) is 1.36. The van der Waals surface area contributed by atoms with Gasteiger partial charge in [-0.05, 0) is 48.9 Å². The van der Waals surface area contributed by atoms with Gasteiger partial charge >= 0.3 is 0 Å². The molecule has 4 rings (SSSR count). The number of hydrogen-bond donors (Lipinski definition) is 2. The molecule has 0 fully saturated rings. The van der Waals surface area contributed by atoms with Crippen molar-refractivity contribution in [3.05, 3.63) is 77.9 Å². The molecule has 3 aromatic carbocycles. The first kappa shape index (κ1) is 22.7. The number of methoxy groups -OCH3 is 1. The number of hydrogen-bond acceptors (Lipinski definition) is 6. The summed E-state index contributed by atoms with van der Waals surface area (Å²) in [7, 11) is 1.54. The summed E-state index contributed by atoms with van der Waals surface area (Å²) < 4.78 is 21.6. The van der Waals surface area contributed by atoms with Crippen molar-refractivity contribution < 1.29 is 28.5 Å². The Morgan fingerprint density at radius 2 is 1.79 bits per heavy atom. The lowest BCUT2D eigenvalue weighted by Gasteiger charge is -2.13. The highest BCUT2D eigenvalue weighted by Crippen LogP contribution is 2.34. The van der Waals surface area contributed by atoms with Gasteiger partial charge < -0.3 is 29.6 Å². The maximum atomic E-state index is 12.9. The number of ether oxygens (including phenoxy) is 4. The molecular formula is C26H24N2O6. The van der Waals surface area contributed by atoms with E-state index in [1.807, 2.05) is 31.2 Å². The van der Waals surface area contributed by atoms with Crippen LogP contribution in [0, 0.1) is 0 Å². The van der Waals surface area contributed by atoms with E-state index in [1.54, 1.807) is 48.5 Å². The molecule has 1 aliphatic rings. The van der Waals surface area contributed by atoms with Crippen LogP contribution < -0.4 is 29.6 Å². The van der Waals surface area contributed by atoms with Crippen LogP contribution in [0.3, 0.4) is 0 Å². The smallest absolute Gasteiger partial charge is 0.262 e. The normalized spacial score (nSPS) is 11.8. The second-order valence-electron chi connectivity index (χ2n) is 7.31. The lowest BCUT2D eigenvalue weighted by atomic mass is 10.1. The molecule has 1 heterocycles. The molecule has 0 bridgehead atoms. The summed E-state index contributed by atoms with van der Waals surface area (Å²) in [4.78, 5) is 25.4. The standard InChI is InChI=1S/C26H24N2O6/c1-3-6-17-9-11-21(23(13-17)31-2)32-15-25(29)28-20-8-5-4-7-19(20)26(30)27-18-10-12-22-24(14-18)34-16-33-22/h3-14H,15-16H2,1-2H3,(H,27,30)(H,28,29)/b6-3+. The highest BCUT2D eigenvalue weighted by atomic mass is 16.7. The zero-order valence-corrected chi connectivity index (χ0v) is 18.8. The summed E-state index contributed by atoms with van der Waals surface area (Å²) in [6, 6.07) is 17.3. The Balaban J connectivity index is 1.41. The molecule has 0 saturated carbocycles. The van der Waals surface area contributed by atoms with E-state index in [9.17, 15) is 9.59 Å². The Morgan fingerprint density at radius 3 is 2.62 bits per heavy atom. The molecule has 0 atom stereocenters. The summed E-state index contributed by atoms with van der Waals surface area (Å²) in [5, 5.41) is 5.55. The van der Waals surface area contributed by atoms with E-state index >= 15 is 0 Å². The van der Waals surface area contributed by atoms with Crippen molar-refractivity contribution in [3.8, 4) is 23.0 Å². The van der Waals surface area contributed by atoms with E-state index in [2.05, 4.69) is 10.6 Å². The van der Waals surface area contributed by atoms with Gasteiger partial charge in [0.2, 0.25) is 6.79 Å². The molecular weight excluding hydrogens is 436 g/mol. The monoisotopic (exact) mass is 460 g/mol. The predicted octanol–water partition coefficient (Wildman–Crippen LogP) is 4.73. The van der Waals surface area contributed by atoms with E-state index in [1.165, 1.54) is 7.11 Å². The van der Waals surface area contributed by atoms with Gasteiger partial charge in [-0.25, -0.2) is 0 Å². The molecule has 8 nitrogen and oxygen atoms in total. The fourth-order valence-corrected chi connectivity index (χ4v) is 3.39. The molecule has 0 spiro atoms. The Morgan fingerprint density at radius 1 is 0.971 bits per heavy atom. The number of para-hydroxylation sites is 1. The number of benzene rings is 3. The van der Waals surface area contributed by atoms with E-state index in [-0.39, 0.29) is 19.3 Å². The first-order chi connectivity index (χ1) is 16.6. The zero-order valence-electron chi connectivity index (χ0n) is 18.8. The second-order valence-corrected chi connectivity index (χ2v) is 7.31. The maximum Gasteiger partial charge on any atom is 0.262 e. The molecule has 0 aromatic heterocycles. The minimum Gasteiger partial charge on any atom is -0.493 e. The Labute approximate surface area is 197 Å². The molecule has 0 unspecified atom stereocenters. The van der Waals surface area contributed by atoms with Crippen LogP contribution in [0.25, 0.3) is 6.08 Å². The molecule has 2 N–H and O–H groups in total. The van der Waals surface area contributed by atoms with E-state index in [4.69, 9.17) is 18.9 Å². The molecule has 0 radical (unpaired) electrons. The van der Waals surface area contributed by atoms with Crippen LogP contribution in [0.15, 0.2) is 66.7 Å². The van der Waals surface area contributed by atoms with Crippen LogP contribution in [-0.2, 0) is 4.79 Å². The topological polar surface area (TPSA) is 95.1 Å². The van der Waals surface area contributed by atoms with Crippen molar-refractivity contribution in [2.45, 2.75) is 6.92 Å². The number of fused-ring (bicyclic) bond motifs is 1. The number of carbonyl (C=O) groups is 2. The highest BCUT2D eigenvalue weighted by Gasteiger charge is 2.17. The second kappa shape index (κ2) is 10.4. The van der Waals surface area contributed by atoms with Gasteiger partial charge in [0.25, 0.3) is 11.8 Å². The Kier molecular flexibility index (Phi) is 6.98. The average molecular weight is 460 g/mol. The van der Waals surface area contributed by atoms with Crippen molar-refractivity contribution in [1.29, 1.82) is 0 Å². The zero-order chi connectivity index (χ0) is 23.9. The number of carbonyl (C=O) groups excluding carboxylic acids is 2. The SMILES string of the molecule is C/C=C/c1ccc(OCC(=O)Nc2ccccc2C(=O)Nc2ccc3c(c2)OCO3)c(OC)c1. The van der Waals surface area contributed by atoms with Gasteiger partial charge in [-0.15, -0.1) is 0 Å². The molecule has 34 heavy (non-hydrogen) atoms. The lowest BCUT2D eigenvalue weighted by molar-refractivity contribution is -0.118. The number of amides is 2. The van der Waals surface area contributed by atoms with Gasteiger partial charge in [0.15, 0.2) is 29.6 Å². The molecule has 1 aliphatic heterocycles. The van der Waals surface area contributed by atoms with E-state index in [0.29, 0.717) is 39.9 Å². The molecule has 0 aliphatic carbocycles. The van der Waals surface area contributed by atoms with Crippen molar-refractivity contribution in [2.75, 3.05) is 31.1 Å². The first-order valence-corrected chi connectivity index (χ1v) is 10.6. The van der Waals surface area contributed by atoms with Crippen molar-refractivity contribution >= 4 is 29.3 Å². The molecule has 0 saturated heterocycles. The van der Waals surface area contributed by atoms with Gasteiger partial charge in [-0.1, -0.05) is 30.4 Å². The molecule has 2 amide bonds. The Bertz CT molecular complexity index is 1240. The average Bonchev–Trinajstić information content (AvgIpc) is 3.31. The summed E-state index contributed by atoms with van der Waals surface area (Å²) in [6.45, 7) is 1.82. The largest absolute Gasteiger partial charge is 0.493 e. The van der Waals surface area contributed by atoms with Crippen LogP contribution in [0.1, 0.15) is 22.8 Å². The van der Waals surface area contributed by atoms with Gasteiger partial charge in [0.05, 0.1) is 18.4 Å². The van der Waals surface area contributed by atoms with Crippen LogP contribution in [0.5, 0.6) is 23.0 Å². The maximum absolute atomic E-state index is 12.9. The fourth-order valence-electron chi connectivity index (χ4n) is 3.39. The van der Waals surface area contributed by atoms with Crippen LogP contribution in [-0.4, -0.2) is 32.3 Å². The predicted molar refractivity (Wildman–Crippen MR) is 129 cm³/mol. The number of allylic oxidation sites excluding steroid dienone is 1. The third-order valence-corrected chi connectivity index (χ3v) is 4.98. The van der Waals surface area contributed by atoms with Gasteiger partial charge in [-0.2, -0.15) is 0 Å². The molecule has 174 valence electrons. The Hall–Kier alpha value is -4.46. The summed E-state index contributed by atoms with van der Waals surface area (Å²) in [6.07, 6.45) is 3.85.